The first-order valence-electron chi connectivity index (χ1n) is 7.47. The molecule has 1 N–H and O–H groups in total. The van der Waals surface area contributed by atoms with Crippen LogP contribution in [0.1, 0.15) is 36.7 Å². The molecular weight excluding hydrogens is 324 g/mol. The first-order chi connectivity index (χ1) is 11.2. The van der Waals surface area contributed by atoms with Crippen molar-refractivity contribution in [1.82, 2.24) is 0 Å². The summed E-state index contributed by atoms with van der Waals surface area (Å²) in [7, 11) is 0. The molecule has 24 heavy (non-hydrogen) atoms. The molecule has 0 aliphatic carbocycles. The Morgan fingerprint density at radius 2 is 1.83 bits per heavy atom. The van der Waals surface area contributed by atoms with E-state index in [9.17, 15) is 14.9 Å². The second-order valence-electron chi connectivity index (χ2n) is 6.39. The maximum Gasteiger partial charge on any atom is 0.282 e. The summed E-state index contributed by atoms with van der Waals surface area (Å²) in [5.41, 5.74) is 1.35. The lowest BCUT2D eigenvalue weighted by atomic mass is 9.86. The van der Waals surface area contributed by atoms with Gasteiger partial charge < -0.3 is 5.32 Å². The number of nitrogens with zero attached hydrogens (tertiary/aromatic N) is 1. The maximum atomic E-state index is 12.7. The van der Waals surface area contributed by atoms with E-state index in [4.69, 9.17) is 0 Å². The van der Waals surface area contributed by atoms with Crippen molar-refractivity contribution < 1.29 is 9.72 Å². The number of benzene rings is 2. The van der Waals surface area contributed by atoms with Crippen LogP contribution in [-0.4, -0.2) is 17.1 Å². The molecule has 0 radical (unpaired) electrons. The molecule has 0 fully saturated rings. The highest BCUT2D eigenvalue weighted by Crippen LogP contribution is 2.31. The molecule has 0 spiro atoms. The quantitative estimate of drug-likeness (QED) is 0.488. The van der Waals surface area contributed by atoms with Crippen LogP contribution in [0, 0.1) is 10.1 Å². The van der Waals surface area contributed by atoms with Gasteiger partial charge in [0.05, 0.1) is 4.92 Å². The monoisotopic (exact) mass is 344 g/mol. The predicted molar refractivity (Wildman–Crippen MR) is 98.0 cm³/mol. The zero-order chi connectivity index (χ0) is 17.9. The lowest BCUT2D eigenvalue weighted by Crippen LogP contribution is -2.19. The molecule has 0 heterocycles. The minimum absolute atomic E-state index is 0.0653. The van der Waals surface area contributed by atoms with Crippen molar-refractivity contribution in [1.29, 1.82) is 0 Å². The minimum Gasteiger partial charge on any atom is -0.321 e. The summed E-state index contributed by atoms with van der Waals surface area (Å²) in [5, 5.41) is 14.1. The maximum absolute atomic E-state index is 12.7. The van der Waals surface area contributed by atoms with Gasteiger partial charge in [0.25, 0.3) is 11.6 Å². The summed E-state index contributed by atoms with van der Waals surface area (Å²) < 4.78 is 0. The van der Waals surface area contributed by atoms with E-state index in [0.29, 0.717) is 5.69 Å². The number of anilines is 1. The van der Waals surface area contributed by atoms with Gasteiger partial charge in [0.1, 0.15) is 5.56 Å². The predicted octanol–water partition coefficient (Wildman–Crippen LogP) is 4.87. The van der Waals surface area contributed by atoms with Crippen LogP contribution in [0.15, 0.2) is 47.4 Å². The first kappa shape index (κ1) is 18.0. The van der Waals surface area contributed by atoms with Crippen LogP contribution >= 0.6 is 11.8 Å². The summed E-state index contributed by atoms with van der Waals surface area (Å²) in [6, 6.07) is 12.1. The van der Waals surface area contributed by atoms with Gasteiger partial charge in [-0.3, -0.25) is 14.9 Å². The number of carbonyl (C=O) groups excluding carboxylic acids is 1. The number of hydrogen-bond donors (Lipinski definition) is 1. The number of hydrogen-bond acceptors (Lipinski definition) is 4. The van der Waals surface area contributed by atoms with E-state index in [1.54, 1.807) is 12.1 Å². The third kappa shape index (κ3) is 3.94. The first-order valence-corrected chi connectivity index (χ1v) is 8.70. The SMILES string of the molecule is CSc1ccc([N+](=O)[O-])c(C(=O)Nc2ccccc2C(C)(C)C)c1. The number of carbonyl (C=O) groups is 1. The van der Waals surface area contributed by atoms with Crippen molar-refractivity contribution in [3.8, 4) is 0 Å². The molecule has 126 valence electrons. The molecule has 5 nitrogen and oxygen atoms in total. The molecule has 2 aromatic carbocycles. The highest BCUT2D eigenvalue weighted by atomic mass is 32.2. The van der Waals surface area contributed by atoms with Gasteiger partial charge >= 0.3 is 0 Å². The number of nitro groups is 1. The Labute approximate surface area is 145 Å². The fourth-order valence-electron chi connectivity index (χ4n) is 2.42. The standard InChI is InChI=1S/C18H20N2O3S/c1-18(2,3)14-7-5-6-8-15(14)19-17(21)13-11-12(24-4)9-10-16(13)20(22)23/h5-11H,1-4H3,(H,19,21). The third-order valence-corrected chi connectivity index (χ3v) is 4.35. The molecule has 0 unspecified atom stereocenters. The van der Waals surface area contributed by atoms with Crippen LogP contribution in [0.25, 0.3) is 0 Å². The van der Waals surface area contributed by atoms with Gasteiger partial charge in [-0.1, -0.05) is 39.0 Å². The van der Waals surface area contributed by atoms with E-state index in [1.165, 1.54) is 17.8 Å². The Balaban J connectivity index is 2.43. The highest BCUT2D eigenvalue weighted by Gasteiger charge is 2.23. The molecule has 0 atom stereocenters. The lowest BCUT2D eigenvalue weighted by Gasteiger charge is -2.23. The summed E-state index contributed by atoms with van der Waals surface area (Å²) in [5.74, 6) is -0.477. The van der Waals surface area contributed by atoms with Gasteiger partial charge in [0.15, 0.2) is 0 Å². The zero-order valence-corrected chi connectivity index (χ0v) is 14.9. The fourth-order valence-corrected chi connectivity index (χ4v) is 2.86. The topological polar surface area (TPSA) is 72.2 Å². The average molecular weight is 344 g/mol. The molecule has 1 amide bonds. The number of para-hydroxylation sites is 1. The van der Waals surface area contributed by atoms with Crippen molar-refractivity contribution in [2.24, 2.45) is 0 Å². The molecule has 2 aromatic rings. The normalized spacial score (nSPS) is 11.2. The van der Waals surface area contributed by atoms with Crippen LogP contribution < -0.4 is 5.32 Å². The number of thioether (sulfide) groups is 1. The molecule has 0 aliphatic heterocycles. The number of nitro benzene ring substituents is 1. The van der Waals surface area contributed by atoms with Gasteiger partial charge in [0, 0.05) is 16.6 Å². The second-order valence-corrected chi connectivity index (χ2v) is 7.27. The molecule has 0 saturated heterocycles. The Morgan fingerprint density at radius 3 is 2.42 bits per heavy atom. The number of rotatable bonds is 4. The van der Waals surface area contributed by atoms with Gasteiger partial charge in [-0.25, -0.2) is 0 Å². The third-order valence-electron chi connectivity index (χ3n) is 3.63. The van der Waals surface area contributed by atoms with Crippen LogP contribution in [0.3, 0.4) is 0 Å². The van der Waals surface area contributed by atoms with Crippen molar-refractivity contribution in [3.05, 3.63) is 63.7 Å². The Bertz CT molecular complexity index is 782. The summed E-state index contributed by atoms with van der Waals surface area (Å²) in [4.78, 5) is 24.2. The van der Waals surface area contributed by atoms with Crippen molar-refractivity contribution in [2.45, 2.75) is 31.1 Å². The molecule has 2 rings (SSSR count). The Morgan fingerprint density at radius 1 is 1.17 bits per heavy atom. The molecule has 0 aromatic heterocycles. The Kier molecular flexibility index (Phi) is 5.29. The van der Waals surface area contributed by atoms with Crippen LogP contribution in [0.2, 0.25) is 0 Å². The van der Waals surface area contributed by atoms with E-state index in [-0.39, 0.29) is 16.7 Å². The number of nitrogens with one attached hydrogen (secondary N) is 1. The summed E-state index contributed by atoms with van der Waals surface area (Å²) in [6.07, 6.45) is 1.86. The van der Waals surface area contributed by atoms with Gasteiger partial charge in [0.2, 0.25) is 0 Å². The number of amides is 1. The van der Waals surface area contributed by atoms with E-state index in [0.717, 1.165) is 10.5 Å². The fraction of sp³-hybridized carbons (Fsp3) is 0.278. The van der Waals surface area contributed by atoms with E-state index in [2.05, 4.69) is 26.1 Å². The Hall–Kier alpha value is -2.34. The van der Waals surface area contributed by atoms with E-state index < -0.39 is 10.8 Å². The summed E-state index contributed by atoms with van der Waals surface area (Å²) in [6.45, 7) is 6.15. The van der Waals surface area contributed by atoms with E-state index >= 15 is 0 Å². The zero-order valence-electron chi connectivity index (χ0n) is 14.1. The van der Waals surface area contributed by atoms with Gasteiger partial charge in [-0.15, -0.1) is 11.8 Å². The molecule has 0 saturated carbocycles. The average Bonchev–Trinajstić information content (AvgIpc) is 2.53. The second kappa shape index (κ2) is 7.05. The smallest absolute Gasteiger partial charge is 0.282 e. The summed E-state index contributed by atoms with van der Waals surface area (Å²) >= 11 is 1.43. The van der Waals surface area contributed by atoms with Crippen molar-refractivity contribution in [3.63, 3.8) is 0 Å². The van der Waals surface area contributed by atoms with Crippen LogP contribution in [-0.2, 0) is 5.41 Å². The molecule has 6 heteroatoms. The highest BCUT2D eigenvalue weighted by molar-refractivity contribution is 7.98. The van der Waals surface area contributed by atoms with E-state index in [1.807, 2.05) is 30.5 Å². The van der Waals surface area contributed by atoms with Crippen molar-refractivity contribution >= 4 is 29.0 Å². The minimum atomic E-state index is -0.533. The van der Waals surface area contributed by atoms with Gasteiger partial charge in [-0.05, 0) is 35.4 Å². The largest absolute Gasteiger partial charge is 0.321 e. The molecular formula is C18H20N2O3S. The molecule has 0 aliphatic rings. The molecule has 0 bridgehead atoms. The van der Waals surface area contributed by atoms with Crippen molar-refractivity contribution in [2.75, 3.05) is 11.6 Å². The van der Waals surface area contributed by atoms with Crippen LogP contribution in [0.5, 0.6) is 0 Å². The van der Waals surface area contributed by atoms with Crippen LogP contribution in [0.4, 0.5) is 11.4 Å². The lowest BCUT2D eigenvalue weighted by molar-refractivity contribution is -0.385. The van der Waals surface area contributed by atoms with Gasteiger partial charge in [-0.2, -0.15) is 0 Å².